The summed E-state index contributed by atoms with van der Waals surface area (Å²) in [7, 11) is 0. The van der Waals surface area contributed by atoms with Crippen LogP contribution in [0.5, 0.6) is 0 Å². The second-order valence-corrected chi connectivity index (χ2v) is 5.27. The van der Waals surface area contributed by atoms with Crippen LogP contribution in [0.15, 0.2) is 29.3 Å². The van der Waals surface area contributed by atoms with Gasteiger partial charge in [-0.3, -0.25) is 10.1 Å². The molecule has 1 aromatic rings. The Morgan fingerprint density at radius 1 is 1.48 bits per heavy atom. The number of likely N-dealkylation sites (tertiary alicyclic amines) is 1. The molecule has 0 saturated carbocycles. The predicted octanol–water partition coefficient (Wildman–Crippen LogP) is 2.76. The maximum atomic E-state index is 10.7. The molecule has 0 spiro atoms. The fraction of sp³-hybridized carbons (Fsp3) is 0.500. The number of hydrogen-bond donors (Lipinski definition) is 1. The van der Waals surface area contributed by atoms with E-state index in [9.17, 15) is 10.1 Å². The molecule has 0 amide bonds. The second kappa shape index (κ2) is 8.16. The summed E-state index contributed by atoms with van der Waals surface area (Å²) in [6.07, 6.45) is 2.26. The summed E-state index contributed by atoms with van der Waals surface area (Å²) >= 11 is 0. The minimum atomic E-state index is -0.400. The van der Waals surface area contributed by atoms with Crippen LogP contribution in [-0.4, -0.2) is 28.9 Å². The summed E-state index contributed by atoms with van der Waals surface area (Å²) < 4.78 is 0. The molecule has 116 valence electrons. The van der Waals surface area contributed by atoms with Crippen molar-refractivity contribution in [1.82, 2.24) is 4.90 Å². The molecule has 2 rings (SSSR count). The van der Waals surface area contributed by atoms with Gasteiger partial charge < -0.3 is 10.6 Å². The molecule has 0 aromatic heterocycles. The van der Waals surface area contributed by atoms with Gasteiger partial charge in [0.1, 0.15) is 0 Å². The highest BCUT2D eigenvalue weighted by Gasteiger charge is 2.16. The Morgan fingerprint density at radius 3 is 2.76 bits per heavy atom. The molecule has 0 unspecified atom stereocenters. The van der Waals surface area contributed by atoms with E-state index in [1.54, 1.807) is 6.07 Å². The van der Waals surface area contributed by atoms with Gasteiger partial charge in [0.2, 0.25) is 0 Å². The summed E-state index contributed by atoms with van der Waals surface area (Å²) in [6.45, 7) is 4.49. The third kappa shape index (κ3) is 5.14. The highest BCUT2D eigenvalue weighted by Crippen LogP contribution is 2.16. The van der Waals surface area contributed by atoms with E-state index in [2.05, 4.69) is 16.8 Å². The third-order valence-electron chi connectivity index (χ3n) is 3.65. The van der Waals surface area contributed by atoms with Gasteiger partial charge in [-0.15, -0.1) is 24.0 Å². The van der Waals surface area contributed by atoms with Crippen LogP contribution in [0.2, 0.25) is 0 Å². The average Bonchev–Trinajstić information content (AvgIpc) is 2.46. The van der Waals surface area contributed by atoms with E-state index in [0.717, 1.165) is 37.4 Å². The lowest BCUT2D eigenvalue weighted by molar-refractivity contribution is -0.384. The number of nitrogens with zero attached hydrogens (tertiary/aromatic N) is 3. The van der Waals surface area contributed by atoms with Crippen molar-refractivity contribution < 1.29 is 4.92 Å². The highest BCUT2D eigenvalue weighted by atomic mass is 127. The van der Waals surface area contributed by atoms with E-state index < -0.39 is 4.92 Å². The van der Waals surface area contributed by atoms with E-state index in [1.807, 2.05) is 6.07 Å². The van der Waals surface area contributed by atoms with E-state index in [4.69, 9.17) is 5.73 Å². The number of nitro benzene ring substituents is 1. The van der Waals surface area contributed by atoms with Crippen molar-refractivity contribution >= 4 is 35.6 Å². The first-order chi connectivity index (χ1) is 9.56. The maximum Gasteiger partial charge on any atom is 0.269 e. The van der Waals surface area contributed by atoms with E-state index in [-0.39, 0.29) is 29.7 Å². The SMILES string of the molecule is CC1CCN(C(N)=NCc2cccc([N+](=O)[O-])c2)CC1.I. The Hall–Kier alpha value is -1.38. The fourth-order valence-corrected chi connectivity index (χ4v) is 2.28. The molecule has 0 aliphatic carbocycles. The summed E-state index contributed by atoms with van der Waals surface area (Å²) in [6, 6.07) is 6.50. The lowest BCUT2D eigenvalue weighted by Crippen LogP contribution is -2.42. The topological polar surface area (TPSA) is 84.8 Å². The Kier molecular flexibility index (Phi) is 6.86. The largest absolute Gasteiger partial charge is 0.370 e. The Balaban J connectivity index is 0.00000220. The van der Waals surface area contributed by atoms with E-state index >= 15 is 0 Å². The third-order valence-corrected chi connectivity index (χ3v) is 3.65. The van der Waals surface area contributed by atoms with Crippen molar-refractivity contribution in [3.05, 3.63) is 39.9 Å². The van der Waals surface area contributed by atoms with Gasteiger partial charge in [-0.25, -0.2) is 4.99 Å². The van der Waals surface area contributed by atoms with Gasteiger partial charge in [-0.2, -0.15) is 0 Å². The Labute approximate surface area is 141 Å². The number of rotatable bonds is 3. The van der Waals surface area contributed by atoms with Crippen molar-refractivity contribution in [2.75, 3.05) is 13.1 Å². The molecule has 6 nitrogen and oxygen atoms in total. The molecular formula is C14H21IN4O2. The first-order valence-corrected chi connectivity index (χ1v) is 6.84. The number of nitro groups is 1. The lowest BCUT2D eigenvalue weighted by Gasteiger charge is -2.31. The van der Waals surface area contributed by atoms with Crippen molar-refractivity contribution in [2.45, 2.75) is 26.3 Å². The van der Waals surface area contributed by atoms with Crippen LogP contribution in [0.4, 0.5) is 5.69 Å². The first kappa shape index (κ1) is 17.7. The summed E-state index contributed by atoms with van der Waals surface area (Å²) in [5.41, 5.74) is 6.87. The zero-order valence-electron chi connectivity index (χ0n) is 12.1. The molecule has 0 atom stereocenters. The van der Waals surface area contributed by atoms with Gasteiger partial charge in [0.15, 0.2) is 5.96 Å². The molecule has 21 heavy (non-hydrogen) atoms. The van der Waals surface area contributed by atoms with Crippen LogP contribution in [0.1, 0.15) is 25.3 Å². The number of hydrogen-bond acceptors (Lipinski definition) is 3. The van der Waals surface area contributed by atoms with Crippen molar-refractivity contribution in [3.63, 3.8) is 0 Å². The molecule has 0 bridgehead atoms. The molecule has 1 heterocycles. The van der Waals surface area contributed by atoms with Gasteiger partial charge in [0.05, 0.1) is 11.5 Å². The number of piperidine rings is 1. The van der Waals surface area contributed by atoms with Crippen molar-refractivity contribution in [2.24, 2.45) is 16.6 Å². The maximum absolute atomic E-state index is 10.7. The molecule has 0 radical (unpaired) electrons. The monoisotopic (exact) mass is 404 g/mol. The van der Waals surface area contributed by atoms with Crippen LogP contribution in [0.25, 0.3) is 0 Å². The minimum Gasteiger partial charge on any atom is -0.370 e. The number of nitrogens with two attached hydrogens (primary N) is 1. The number of halogens is 1. The molecular weight excluding hydrogens is 383 g/mol. The normalized spacial score (nSPS) is 16.4. The van der Waals surface area contributed by atoms with Gasteiger partial charge in [0, 0.05) is 25.2 Å². The summed E-state index contributed by atoms with van der Waals surface area (Å²) in [4.78, 5) is 16.7. The van der Waals surface area contributed by atoms with Crippen LogP contribution < -0.4 is 5.73 Å². The van der Waals surface area contributed by atoms with Gasteiger partial charge >= 0.3 is 0 Å². The molecule has 2 N–H and O–H groups in total. The van der Waals surface area contributed by atoms with Gasteiger partial charge in [-0.1, -0.05) is 19.1 Å². The molecule has 1 aliphatic rings. The second-order valence-electron chi connectivity index (χ2n) is 5.27. The Morgan fingerprint density at radius 2 is 2.14 bits per heavy atom. The number of benzene rings is 1. The van der Waals surface area contributed by atoms with Crippen LogP contribution >= 0.6 is 24.0 Å². The standard InChI is InChI=1S/C14H20N4O2.HI/c1-11-5-7-17(8-6-11)14(15)16-10-12-3-2-4-13(9-12)18(19)20;/h2-4,9,11H,5-8,10H2,1H3,(H2,15,16);1H. The smallest absolute Gasteiger partial charge is 0.269 e. The van der Waals surface area contributed by atoms with Gasteiger partial charge in [0.25, 0.3) is 5.69 Å². The zero-order chi connectivity index (χ0) is 14.5. The first-order valence-electron chi connectivity index (χ1n) is 6.84. The van der Waals surface area contributed by atoms with Crippen LogP contribution in [-0.2, 0) is 6.54 Å². The van der Waals surface area contributed by atoms with Crippen molar-refractivity contribution in [1.29, 1.82) is 0 Å². The predicted molar refractivity (Wildman–Crippen MR) is 93.8 cm³/mol. The zero-order valence-corrected chi connectivity index (χ0v) is 14.4. The molecule has 1 saturated heterocycles. The molecule has 7 heteroatoms. The summed E-state index contributed by atoms with van der Waals surface area (Å²) in [5, 5.41) is 10.7. The highest BCUT2D eigenvalue weighted by molar-refractivity contribution is 14.0. The van der Waals surface area contributed by atoms with Crippen molar-refractivity contribution in [3.8, 4) is 0 Å². The number of aliphatic imine (C=N–C) groups is 1. The quantitative estimate of drug-likeness (QED) is 0.276. The Bertz CT molecular complexity index is 513. The minimum absolute atomic E-state index is 0. The van der Waals surface area contributed by atoms with Crippen LogP contribution in [0, 0.1) is 16.0 Å². The molecule has 1 aromatic carbocycles. The van der Waals surface area contributed by atoms with E-state index in [0.29, 0.717) is 12.5 Å². The number of non-ortho nitro benzene ring substituents is 1. The van der Waals surface area contributed by atoms with E-state index in [1.165, 1.54) is 12.1 Å². The van der Waals surface area contributed by atoms with Crippen LogP contribution in [0.3, 0.4) is 0 Å². The average molecular weight is 404 g/mol. The number of guanidine groups is 1. The summed E-state index contributed by atoms with van der Waals surface area (Å²) in [5.74, 6) is 1.28. The van der Waals surface area contributed by atoms with Gasteiger partial charge in [-0.05, 0) is 24.3 Å². The lowest BCUT2D eigenvalue weighted by atomic mass is 10.00. The molecule has 1 fully saturated rings. The fourth-order valence-electron chi connectivity index (χ4n) is 2.28. The molecule has 1 aliphatic heterocycles.